The smallest absolute Gasteiger partial charge is 0.263 e. The molecule has 1 aromatic heterocycles. The molecule has 1 fully saturated rings. The Hall–Kier alpha value is -3.44. The number of aromatic nitrogens is 2. The first kappa shape index (κ1) is 24.7. The van der Waals surface area contributed by atoms with Gasteiger partial charge in [0.2, 0.25) is 0 Å². The molecule has 1 aliphatic heterocycles. The molecule has 1 amide bonds. The number of aliphatic hydroxyl groups is 1. The number of ether oxygens (including phenoxy) is 1. The summed E-state index contributed by atoms with van der Waals surface area (Å²) in [7, 11) is -2.46. The molecule has 1 saturated heterocycles. The van der Waals surface area contributed by atoms with Crippen LogP contribution in [0.3, 0.4) is 0 Å². The quantitative estimate of drug-likeness (QED) is 0.426. The van der Waals surface area contributed by atoms with Gasteiger partial charge >= 0.3 is 0 Å². The van der Waals surface area contributed by atoms with Crippen LogP contribution < -0.4 is 14.8 Å². The summed E-state index contributed by atoms with van der Waals surface area (Å²) in [5.74, 6) is 3.43. The maximum absolute atomic E-state index is 14.1. The van der Waals surface area contributed by atoms with E-state index in [1.165, 1.54) is 35.7 Å². The van der Waals surface area contributed by atoms with Crippen LogP contribution in [0.25, 0.3) is 10.9 Å². The summed E-state index contributed by atoms with van der Waals surface area (Å²) in [6.07, 6.45) is 1.99. The van der Waals surface area contributed by atoms with Gasteiger partial charge in [0.25, 0.3) is 5.91 Å². The number of rotatable bonds is 7. The lowest BCUT2D eigenvalue weighted by atomic mass is 10.1. The van der Waals surface area contributed by atoms with Crippen LogP contribution in [-0.4, -0.2) is 67.5 Å². The second kappa shape index (κ2) is 9.67. The zero-order valence-corrected chi connectivity index (χ0v) is 20.6. The zero-order chi connectivity index (χ0) is 25.3. The average molecular weight is 502 g/mol. The van der Waals surface area contributed by atoms with E-state index in [0.29, 0.717) is 35.7 Å². The molecular formula is C24H28FN5O4S. The Kier molecular flexibility index (Phi) is 6.82. The third-order valence-corrected chi connectivity index (χ3v) is 6.26. The zero-order valence-electron chi connectivity index (χ0n) is 19.7. The monoisotopic (exact) mass is 501 g/mol. The van der Waals surface area contributed by atoms with Gasteiger partial charge < -0.3 is 24.8 Å². The highest BCUT2D eigenvalue weighted by atomic mass is 32.2. The van der Waals surface area contributed by atoms with Crippen molar-refractivity contribution in [2.24, 2.45) is 0 Å². The summed E-state index contributed by atoms with van der Waals surface area (Å²) in [5, 5.41) is 13.6. The molecule has 2 aromatic carbocycles. The number of nitrogens with zero attached hydrogens (tertiary/aromatic N) is 3. The third-order valence-electron chi connectivity index (χ3n) is 5.59. The fourth-order valence-corrected chi connectivity index (χ4v) is 4.68. The van der Waals surface area contributed by atoms with Crippen molar-refractivity contribution in [3.63, 3.8) is 0 Å². The van der Waals surface area contributed by atoms with Crippen LogP contribution in [0.4, 0.5) is 21.6 Å². The predicted molar refractivity (Wildman–Crippen MR) is 136 cm³/mol. The number of anilines is 3. The van der Waals surface area contributed by atoms with Gasteiger partial charge in [-0.3, -0.25) is 4.79 Å². The van der Waals surface area contributed by atoms with E-state index in [-0.39, 0.29) is 18.2 Å². The normalized spacial score (nSPS) is 18.2. The maximum atomic E-state index is 14.1. The Balaban J connectivity index is 1.63. The lowest BCUT2D eigenvalue weighted by Crippen LogP contribution is -2.39. The molecule has 4 rings (SSSR count). The average Bonchev–Trinajstić information content (AvgIpc) is 3.20. The van der Waals surface area contributed by atoms with Crippen molar-refractivity contribution in [1.29, 1.82) is 0 Å². The van der Waals surface area contributed by atoms with Crippen LogP contribution in [0, 0.1) is 12.7 Å². The molecule has 2 unspecified atom stereocenters. The predicted octanol–water partition coefficient (Wildman–Crippen LogP) is 2.85. The van der Waals surface area contributed by atoms with Crippen molar-refractivity contribution in [3.05, 3.63) is 48.0 Å². The number of carbonyl (C=O) groups excluding carboxylic acids is 1. The van der Waals surface area contributed by atoms with Gasteiger partial charge in [-0.1, -0.05) is 0 Å². The highest BCUT2D eigenvalue weighted by Crippen LogP contribution is 2.33. The van der Waals surface area contributed by atoms with Crippen molar-refractivity contribution in [1.82, 2.24) is 14.9 Å². The number of hydrogen-bond acceptors (Lipinski definition) is 7. The molecule has 9 nitrogen and oxygen atoms in total. The van der Waals surface area contributed by atoms with Gasteiger partial charge in [0, 0.05) is 46.2 Å². The third kappa shape index (κ3) is 5.80. The largest absolute Gasteiger partial charge is 0.479 e. The van der Waals surface area contributed by atoms with Crippen molar-refractivity contribution in [3.8, 4) is 5.75 Å². The SMILES string of the molecule is C=S(C)(=O)Nc1cc(C)c2c(Nc3ccc(F)cc3O[C@H](C)C(=O)N3CCC(O)C3)ncnc2c1. The minimum absolute atomic E-state index is 0.149. The summed E-state index contributed by atoms with van der Waals surface area (Å²) in [6, 6.07) is 7.56. The Morgan fingerprint density at radius 3 is 2.80 bits per heavy atom. The number of halogens is 1. The molecule has 1 aliphatic rings. The Labute approximate surface area is 203 Å². The number of likely N-dealkylation sites (tertiary alicyclic amines) is 1. The Bertz CT molecular complexity index is 1380. The molecule has 0 bridgehead atoms. The fourth-order valence-electron chi connectivity index (χ4n) is 4.06. The molecule has 0 radical (unpaired) electrons. The van der Waals surface area contributed by atoms with E-state index in [4.69, 9.17) is 4.74 Å². The first-order chi connectivity index (χ1) is 16.5. The summed E-state index contributed by atoms with van der Waals surface area (Å²) < 4.78 is 34.9. The summed E-state index contributed by atoms with van der Waals surface area (Å²) in [5.41, 5.74) is 2.46. The number of fused-ring (bicyclic) bond motifs is 1. The molecule has 0 aliphatic carbocycles. The van der Waals surface area contributed by atoms with Gasteiger partial charge in [-0.15, -0.1) is 0 Å². The van der Waals surface area contributed by atoms with Crippen molar-refractivity contribution < 1.29 is 23.2 Å². The second-order valence-corrected chi connectivity index (χ2v) is 11.0. The molecule has 0 saturated carbocycles. The van der Waals surface area contributed by atoms with Gasteiger partial charge in [0.15, 0.2) is 6.10 Å². The standard InChI is InChI=1S/C24H28FN5O4S/c1-14-9-17(29-35(3,4)33)11-20-22(14)23(27-13-26-20)28-19-6-5-16(25)10-21(19)34-15(2)24(32)30-8-7-18(31)12-30/h5-6,9-11,13,15,18,31H,3,7-8,12H2,1-2,4H3,(H,29,33)(H,26,27,28)/t15-,18?,35?/m1/s1. The number of nitrogens with one attached hydrogen (secondary N) is 2. The maximum Gasteiger partial charge on any atom is 0.263 e. The van der Waals surface area contributed by atoms with E-state index in [9.17, 15) is 18.5 Å². The van der Waals surface area contributed by atoms with Crippen molar-refractivity contribution in [2.75, 3.05) is 29.4 Å². The number of amides is 1. The Morgan fingerprint density at radius 2 is 2.11 bits per heavy atom. The molecular weight excluding hydrogens is 473 g/mol. The molecule has 11 heteroatoms. The van der Waals surface area contributed by atoms with Gasteiger partial charge in [0.1, 0.15) is 23.7 Å². The number of aryl methyl sites for hydroxylation is 1. The molecule has 2 heterocycles. The van der Waals surface area contributed by atoms with Crippen LogP contribution >= 0.6 is 0 Å². The van der Waals surface area contributed by atoms with E-state index in [1.807, 2.05) is 13.0 Å². The second-order valence-electron chi connectivity index (χ2n) is 8.77. The number of aliphatic hydroxyl groups excluding tert-OH is 1. The van der Waals surface area contributed by atoms with E-state index in [0.717, 1.165) is 10.9 Å². The van der Waals surface area contributed by atoms with Crippen LogP contribution in [0.1, 0.15) is 18.9 Å². The van der Waals surface area contributed by atoms with Crippen molar-refractivity contribution >= 4 is 49.6 Å². The van der Waals surface area contributed by atoms with Crippen LogP contribution in [0.2, 0.25) is 0 Å². The summed E-state index contributed by atoms with van der Waals surface area (Å²) in [4.78, 5) is 22.9. The van der Waals surface area contributed by atoms with Gasteiger partial charge in [-0.25, -0.2) is 18.6 Å². The topological polar surface area (TPSA) is 117 Å². The van der Waals surface area contributed by atoms with E-state index >= 15 is 0 Å². The number of carbonyl (C=O) groups is 1. The van der Waals surface area contributed by atoms with E-state index in [2.05, 4.69) is 25.9 Å². The van der Waals surface area contributed by atoms with Crippen molar-refractivity contribution in [2.45, 2.75) is 32.5 Å². The van der Waals surface area contributed by atoms with E-state index < -0.39 is 27.7 Å². The minimum atomic E-state index is -2.46. The summed E-state index contributed by atoms with van der Waals surface area (Å²) >= 11 is 0. The lowest BCUT2D eigenvalue weighted by Gasteiger charge is -2.23. The molecule has 186 valence electrons. The van der Waals surface area contributed by atoms with Crippen LogP contribution in [-0.2, 0) is 14.5 Å². The highest BCUT2D eigenvalue weighted by molar-refractivity contribution is 8.00. The van der Waals surface area contributed by atoms with Crippen LogP contribution in [0.15, 0.2) is 36.7 Å². The van der Waals surface area contributed by atoms with Gasteiger partial charge in [-0.2, -0.15) is 0 Å². The Morgan fingerprint density at radius 1 is 1.34 bits per heavy atom. The molecule has 35 heavy (non-hydrogen) atoms. The molecule has 3 N–H and O–H groups in total. The molecule has 0 spiro atoms. The first-order valence-corrected chi connectivity index (χ1v) is 13.2. The van der Waals surface area contributed by atoms with Gasteiger partial charge in [0.05, 0.1) is 17.3 Å². The molecule has 3 atom stereocenters. The fraction of sp³-hybridized carbons (Fsp3) is 0.333. The molecule has 3 aromatic rings. The van der Waals surface area contributed by atoms with Gasteiger partial charge in [-0.05, 0) is 56.0 Å². The minimum Gasteiger partial charge on any atom is -0.479 e. The summed E-state index contributed by atoms with van der Waals surface area (Å²) in [6.45, 7) is 4.17. The van der Waals surface area contributed by atoms with Crippen LogP contribution in [0.5, 0.6) is 5.75 Å². The number of β-amino-alcohol motifs (C(OH)–C–C–N with tert-alkyl or cyclic N) is 1. The number of hydrogen-bond donors (Lipinski definition) is 3. The number of benzene rings is 2. The lowest BCUT2D eigenvalue weighted by molar-refractivity contribution is -0.137. The van der Waals surface area contributed by atoms with E-state index in [1.54, 1.807) is 13.0 Å². The first-order valence-electron chi connectivity index (χ1n) is 11.1. The highest BCUT2D eigenvalue weighted by Gasteiger charge is 2.29.